The lowest BCUT2D eigenvalue weighted by Crippen LogP contribution is -2.27. The van der Waals surface area contributed by atoms with Gasteiger partial charge in [-0.15, -0.1) is 0 Å². The van der Waals surface area contributed by atoms with Gasteiger partial charge < -0.3 is 10.2 Å². The Morgan fingerprint density at radius 3 is 3.17 bits per heavy atom. The molecule has 0 aliphatic heterocycles. The molecule has 4 heteroatoms. The van der Waals surface area contributed by atoms with Crippen molar-refractivity contribution in [2.24, 2.45) is 5.73 Å². The Kier molecular flexibility index (Phi) is 2.88. The van der Waals surface area contributed by atoms with Crippen LogP contribution in [0.4, 0.5) is 4.39 Å². The molecule has 1 atom stereocenters. The van der Waals surface area contributed by atoms with Crippen LogP contribution in [-0.4, -0.2) is 11.0 Å². The molecule has 94 valence electrons. The molecule has 0 fully saturated rings. The predicted octanol–water partition coefficient (Wildman–Crippen LogP) is 2.22. The molecule has 0 bridgehead atoms. The maximum absolute atomic E-state index is 13.1. The molecular formula is C14H15FN2O. The predicted molar refractivity (Wildman–Crippen MR) is 65.7 cm³/mol. The molecule has 0 saturated heterocycles. The molecular weight excluding hydrogens is 231 g/mol. The summed E-state index contributed by atoms with van der Waals surface area (Å²) in [6.07, 6.45) is 3.11. The van der Waals surface area contributed by atoms with Crippen molar-refractivity contribution < 1.29 is 8.81 Å². The maximum atomic E-state index is 13.1. The quantitative estimate of drug-likeness (QED) is 0.884. The highest BCUT2D eigenvalue weighted by Crippen LogP contribution is 2.22. The summed E-state index contributed by atoms with van der Waals surface area (Å²) in [7, 11) is 0. The standard InChI is InChI=1S/C14H15FN2O/c15-10-3-1-2-9(6-10)7-14-17-12-8-11(16)4-5-13(12)18-14/h1-3,6,11H,4-5,7-8,16H2. The average Bonchev–Trinajstić information content (AvgIpc) is 2.70. The lowest BCUT2D eigenvalue weighted by molar-refractivity contribution is 0.433. The summed E-state index contributed by atoms with van der Waals surface area (Å²) < 4.78 is 18.8. The fourth-order valence-electron chi connectivity index (χ4n) is 2.36. The second kappa shape index (κ2) is 4.53. The number of nitrogens with two attached hydrogens (primary N) is 1. The Morgan fingerprint density at radius 2 is 2.33 bits per heavy atom. The Bertz CT molecular complexity index is 565. The summed E-state index contributed by atoms with van der Waals surface area (Å²) >= 11 is 0. The number of halogens is 1. The minimum Gasteiger partial charge on any atom is -0.445 e. The number of benzene rings is 1. The van der Waals surface area contributed by atoms with Gasteiger partial charge in [0.15, 0.2) is 5.89 Å². The van der Waals surface area contributed by atoms with Crippen LogP contribution in [0.5, 0.6) is 0 Å². The van der Waals surface area contributed by atoms with Crippen molar-refractivity contribution in [1.82, 2.24) is 4.98 Å². The second-order valence-corrected chi connectivity index (χ2v) is 4.79. The summed E-state index contributed by atoms with van der Waals surface area (Å²) in [4.78, 5) is 4.46. The van der Waals surface area contributed by atoms with E-state index in [9.17, 15) is 4.39 Å². The minimum atomic E-state index is -0.231. The molecule has 1 aliphatic rings. The van der Waals surface area contributed by atoms with E-state index >= 15 is 0 Å². The first-order valence-electron chi connectivity index (χ1n) is 6.18. The van der Waals surface area contributed by atoms with Crippen LogP contribution in [0.25, 0.3) is 0 Å². The van der Waals surface area contributed by atoms with Gasteiger partial charge in [-0.1, -0.05) is 12.1 Å². The third-order valence-corrected chi connectivity index (χ3v) is 3.26. The van der Waals surface area contributed by atoms with Gasteiger partial charge in [0.25, 0.3) is 0 Å². The van der Waals surface area contributed by atoms with E-state index in [0.29, 0.717) is 12.3 Å². The summed E-state index contributed by atoms with van der Waals surface area (Å²) in [6.45, 7) is 0. The monoisotopic (exact) mass is 246 g/mol. The van der Waals surface area contributed by atoms with E-state index < -0.39 is 0 Å². The van der Waals surface area contributed by atoms with Crippen molar-refractivity contribution in [2.75, 3.05) is 0 Å². The average molecular weight is 246 g/mol. The molecule has 3 rings (SSSR count). The van der Waals surface area contributed by atoms with Crippen LogP contribution in [0.1, 0.15) is 29.3 Å². The van der Waals surface area contributed by atoms with Gasteiger partial charge in [-0.3, -0.25) is 0 Å². The molecule has 0 saturated carbocycles. The first-order chi connectivity index (χ1) is 8.70. The van der Waals surface area contributed by atoms with E-state index in [1.54, 1.807) is 6.07 Å². The first kappa shape index (κ1) is 11.4. The molecule has 1 aromatic carbocycles. The van der Waals surface area contributed by atoms with Crippen LogP contribution in [0.2, 0.25) is 0 Å². The molecule has 18 heavy (non-hydrogen) atoms. The number of hydrogen-bond acceptors (Lipinski definition) is 3. The number of nitrogens with zero attached hydrogens (tertiary/aromatic N) is 1. The van der Waals surface area contributed by atoms with Gasteiger partial charge in [0, 0.05) is 25.3 Å². The van der Waals surface area contributed by atoms with E-state index in [4.69, 9.17) is 10.2 Å². The maximum Gasteiger partial charge on any atom is 0.199 e. The van der Waals surface area contributed by atoms with Gasteiger partial charge in [0.05, 0.1) is 5.69 Å². The van der Waals surface area contributed by atoms with Crippen LogP contribution < -0.4 is 5.73 Å². The van der Waals surface area contributed by atoms with Crippen molar-refractivity contribution in [3.63, 3.8) is 0 Å². The lowest BCUT2D eigenvalue weighted by Gasteiger charge is -2.14. The Morgan fingerprint density at radius 1 is 1.44 bits per heavy atom. The molecule has 0 spiro atoms. The number of rotatable bonds is 2. The summed E-state index contributed by atoms with van der Waals surface area (Å²) in [5.41, 5.74) is 7.75. The van der Waals surface area contributed by atoms with Crippen LogP contribution in [-0.2, 0) is 19.3 Å². The number of oxazole rings is 1. The highest BCUT2D eigenvalue weighted by Gasteiger charge is 2.21. The van der Waals surface area contributed by atoms with Crippen molar-refractivity contribution in [3.8, 4) is 0 Å². The van der Waals surface area contributed by atoms with Gasteiger partial charge in [-0.25, -0.2) is 9.37 Å². The number of hydrogen-bond donors (Lipinski definition) is 1. The normalized spacial score (nSPS) is 18.7. The molecule has 2 N–H and O–H groups in total. The zero-order valence-electron chi connectivity index (χ0n) is 10.0. The molecule has 0 amide bonds. The van der Waals surface area contributed by atoms with E-state index in [2.05, 4.69) is 4.98 Å². The van der Waals surface area contributed by atoms with Gasteiger partial charge in [-0.2, -0.15) is 0 Å². The van der Waals surface area contributed by atoms with Crippen LogP contribution in [0.15, 0.2) is 28.7 Å². The van der Waals surface area contributed by atoms with Gasteiger partial charge >= 0.3 is 0 Å². The SMILES string of the molecule is NC1CCc2oc(Cc3cccc(F)c3)nc2C1. The Balaban J connectivity index is 1.82. The van der Waals surface area contributed by atoms with Crippen LogP contribution in [0.3, 0.4) is 0 Å². The molecule has 1 aromatic heterocycles. The molecule has 2 aromatic rings. The summed E-state index contributed by atoms with van der Waals surface area (Å²) in [6, 6.07) is 6.70. The van der Waals surface area contributed by atoms with Gasteiger partial charge in [-0.05, 0) is 24.1 Å². The number of aryl methyl sites for hydroxylation is 1. The number of fused-ring (bicyclic) bond motifs is 1. The van der Waals surface area contributed by atoms with Crippen molar-refractivity contribution in [3.05, 3.63) is 53.0 Å². The topological polar surface area (TPSA) is 52.0 Å². The highest BCUT2D eigenvalue weighted by molar-refractivity contribution is 5.22. The smallest absolute Gasteiger partial charge is 0.199 e. The third-order valence-electron chi connectivity index (χ3n) is 3.26. The van der Waals surface area contributed by atoms with Crippen molar-refractivity contribution in [2.45, 2.75) is 31.7 Å². The van der Waals surface area contributed by atoms with Crippen LogP contribution >= 0.6 is 0 Å². The van der Waals surface area contributed by atoms with E-state index in [-0.39, 0.29) is 11.9 Å². The molecule has 1 heterocycles. The first-order valence-corrected chi connectivity index (χ1v) is 6.18. The molecule has 1 aliphatic carbocycles. The fraction of sp³-hybridized carbons (Fsp3) is 0.357. The minimum absolute atomic E-state index is 0.185. The lowest BCUT2D eigenvalue weighted by atomic mass is 9.98. The number of aromatic nitrogens is 1. The summed E-state index contributed by atoms with van der Waals surface area (Å²) in [5.74, 6) is 1.37. The fourth-order valence-corrected chi connectivity index (χ4v) is 2.36. The van der Waals surface area contributed by atoms with Crippen LogP contribution in [0, 0.1) is 5.82 Å². The van der Waals surface area contributed by atoms with E-state index in [0.717, 1.165) is 36.3 Å². The Labute approximate surface area is 105 Å². The molecule has 3 nitrogen and oxygen atoms in total. The van der Waals surface area contributed by atoms with Crippen molar-refractivity contribution in [1.29, 1.82) is 0 Å². The zero-order valence-corrected chi connectivity index (χ0v) is 10.0. The zero-order chi connectivity index (χ0) is 12.5. The second-order valence-electron chi connectivity index (χ2n) is 4.79. The largest absolute Gasteiger partial charge is 0.445 e. The molecule has 1 unspecified atom stereocenters. The highest BCUT2D eigenvalue weighted by atomic mass is 19.1. The van der Waals surface area contributed by atoms with Gasteiger partial charge in [0.2, 0.25) is 0 Å². The van der Waals surface area contributed by atoms with E-state index in [1.165, 1.54) is 12.1 Å². The Hall–Kier alpha value is -1.68. The van der Waals surface area contributed by atoms with Crippen molar-refractivity contribution >= 4 is 0 Å². The summed E-state index contributed by atoms with van der Waals surface area (Å²) in [5, 5.41) is 0. The van der Waals surface area contributed by atoms with Gasteiger partial charge in [0.1, 0.15) is 11.6 Å². The van der Waals surface area contributed by atoms with E-state index in [1.807, 2.05) is 6.07 Å². The third kappa shape index (κ3) is 2.29. The molecule has 0 radical (unpaired) electrons.